The summed E-state index contributed by atoms with van der Waals surface area (Å²) in [7, 11) is 0. The second-order valence-corrected chi connectivity index (χ2v) is 12.8. The Bertz CT molecular complexity index is 715. The van der Waals surface area contributed by atoms with E-state index in [9.17, 15) is 5.11 Å². The van der Waals surface area contributed by atoms with Crippen molar-refractivity contribution < 1.29 is 5.11 Å². The molecule has 0 amide bonds. The molecule has 2 aliphatic heterocycles. The van der Waals surface area contributed by atoms with Gasteiger partial charge in [0.2, 0.25) is 0 Å². The lowest BCUT2D eigenvalue weighted by atomic mass is 9.47. The fraction of sp³-hybridized carbons (Fsp3) is 0.926. The van der Waals surface area contributed by atoms with E-state index in [0.29, 0.717) is 10.8 Å². The molecule has 0 unspecified atom stereocenters. The maximum absolute atomic E-state index is 10.3. The lowest BCUT2D eigenvalue weighted by molar-refractivity contribution is -0.0574. The highest BCUT2D eigenvalue weighted by Crippen LogP contribution is 2.69. The molecule has 4 aliphatic carbocycles. The quantitative estimate of drug-likeness (QED) is 0.534. The first-order valence-corrected chi connectivity index (χ1v) is 13.0. The number of rotatable bonds is 0. The maximum Gasteiger partial charge on any atom is 0.0577 e. The molecule has 0 aromatic heterocycles. The second kappa shape index (κ2) is 6.35. The van der Waals surface area contributed by atoms with E-state index in [0.717, 1.165) is 60.4 Å². The molecule has 162 valence electrons. The summed E-state index contributed by atoms with van der Waals surface area (Å²) in [5.41, 5.74) is 2.58. The van der Waals surface area contributed by atoms with Crippen molar-refractivity contribution >= 4 is 0 Å². The van der Waals surface area contributed by atoms with Gasteiger partial charge in [-0.25, -0.2) is 0 Å². The van der Waals surface area contributed by atoms with Crippen molar-refractivity contribution in [2.45, 2.75) is 104 Å². The van der Waals surface area contributed by atoms with Gasteiger partial charge in [0, 0.05) is 18.6 Å². The summed E-state index contributed by atoms with van der Waals surface area (Å²) in [5.74, 6) is 5.44. The fourth-order valence-electron chi connectivity index (χ4n) is 10.4. The zero-order valence-corrected chi connectivity index (χ0v) is 19.2. The van der Waals surface area contributed by atoms with E-state index < -0.39 is 0 Å². The smallest absolute Gasteiger partial charge is 0.0577 e. The molecular formula is C27H43NO. The van der Waals surface area contributed by atoms with Gasteiger partial charge in [0.15, 0.2) is 0 Å². The van der Waals surface area contributed by atoms with Gasteiger partial charge in [-0.3, -0.25) is 4.90 Å². The largest absolute Gasteiger partial charge is 0.393 e. The zero-order valence-electron chi connectivity index (χ0n) is 19.2. The van der Waals surface area contributed by atoms with Gasteiger partial charge in [-0.1, -0.05) is 39.3 Å². The SMILES string of the molecule is C[C@H]1CC[C@H]2[C@@H](C)[C@H]3[C@@H](C[C@H]4[C@@H]5CC=C6C[C@@H](O)CC[C@]6(C)[C@@H]5CC[C@]34C)N2C1. The molecule has 2 nitrogen and oxygen atoms in total. The zero-order chi connectivity index (χ0) is 20.1. The number of nitrogens with zero attached hydrogens (tertiary/aromatic N) is 1. The van der Waals surface area contributed by atoms with E-state index in [4.69, 9.17) is 0 Å². The van der Waals surface area contributed by atoms with Gasteiger partial charge < -0.3 is 5.11 Å². The molecule has 0 aromatic rings. The van der Waals surface area contributed by atoms with Gasteiger partial charge >= 0.3 is 0 Å². The van der Waals surface area contributed by atoms with Gasteiger partial charge in [0.1, 0.15) is 0 Å². The summed E-state index contributed by atoms with van der Waals surface area (Å²) in [6, 6.07) is 1.75. The Labute approximate surface area is 178 Å². The van der Waals surface area contributed by atoms with E-state index in [1.807, 2.05) is 0 Å². The molecule has 3 saturated carbocycles. The predicted molar refractivity (Wildman–Crippen MR) is 118 cm³/mol. The van der Waals surface area contributed by atoms with Crippen molar-refractivity contribution in [3.05, 3.63) is 11.6 Å². The first-order valence-electron chi connectivity index (χ1n) is 13.0. The minimum Gasteiger partial charge on any atom is -0.393 e. The summed E-state index contributed by atoms with van der Waals surface area (Å²) in [4.78, 5) is 3.02. The topological polar surface area (TPSA) is 23.5 Å². The highest BCUT2D eigenvalue weighted by Gasteiger charge is 2.66. The Kier molecular flexibility index (Phi) is 4.23. The van der Waals surface area contributed by atoms with Crippen molar-refractivity contribution in [1.29, 1.82) is 0 Å². The van der Waals surface area contributed by atoms with E-state index in [1.54, 1.807) is 5.57 Å². The molecule has 0 radical (unpaired) electrons. The monoisotopic (exact) mass is 397 g/mol. The van der Waals surface area contributed by atoms with Crippen LogP contribution in [-0.2, 0) is 0 Å². The van der Waals surface area contributed by atoms with Crippen LogP contribution in [0.1, 0.15) is 85.5 Å². The molecule has 0 spiro atoms. The van der Waals surface area contributed by atoms with Gasteiger partial charge in [0.25, 0.3) is 0 Å². The number of hydrogen-bond donors (Lipinski definition) is 1. The van der Waals surface area contributed by atoms with Crippen LogP contribution < -0.4 is 0 Å². The van der Waals surface area contributed by atoms with Gasteiger partial charge in [-0.05, 0) is 104 Å². The summed E-state index contributed by atoms with van der Waals surface area (Å²) >= 11 is 0. The van der Waals surface area contributed by atoms with Gasteiger partial charge in [0.05, 0.1) is 6.10 Å². The summed E-state index contributed by atoms with van der Waals surface area (Å²) < 4.78 is 0. The molecule has 11 atom stereocenters. The third kappa shape index (κ3) is 2.48. The summed E-state index contributed by atoms with van der Waals surface area (Å²) in [5, 5.41) is 10.3. The lowest BCUT2D eigenvalue weighted by Gasteiger charge is -2.58. The molecule has 29 heavy (non-hydrogen) atoms. The number of piperidine rings is 1. The lowest BCUT2D eigenvalue weighted by Crippen LogP contribution is -2.51. The second-order valence-electron chi connectivity index (χ2n) is 12.8. The molecule has 5 fully saturated rings. The average molecular weight is 398 g/mol. The molecular weight excluding hydrogens is 354 g/mol. The van der Waals surface area contributed by atoms with E-state index >= 15 is 0 Å². The number of aliphatic hydroxyl groups excluding tert-OH is 1. The number of allylic oxidation sites excluding steroid dienone is 1. The van der Waals surface area contributed by atoms with Crippen LogP contribution in [0.5, 0.6) is 0 Å². The first-order chi connectivity index (χ1) is 13.8. The molecule has 2 saturated heterocycles. The van der Waals surface area contributed by atoms with Gasteiger partial charge in [-0.15, -0.1) is 0 Å². The minimum atomic E-state index is -0.0792. The van der Waals surface area contributed by atoms with Crippen LogP contribution in [0.15, 0.2) is 11.6 Å². The Morgan fingerprint density at radius 3 is 2.66 bits per heavy atom. The first kappa shape index (κ1) is 19.4. The third-order valence-corrected chi connectivity index (χ3v) is 11.7. The summed E-state index contributed by atoms with van der Waals surface area (Å²) in [6.07, 6.45) is 14.3. The fourth-order valence-corrected chi connectivity index (χ4v) is 10.4. The van der Waals surface area contributed by atoms with E-state index in [-0.39, 0.29) is 6.10 Å². The third-order valence-electron chi connectivity index (χ3n) is 11.7. The van der Waals surface area contributed by atoms with Crippen LogP contribution in [0.3, 0.4) is 0 Å². The summed E-state index contributed by atoms with van der Waals surface area (Å²) in [6.45, 7) is 11.8. The molecule has 6 aliphatic rings. The molecule has 2 heteroatoms. The molecule has 2 heterocycles. The predicted octanol–water partition coefficient (Wildman–Crippen LogP) is 5.66. The van der Waals surface area contributed by atoms with Crippen molar-refractivity contribution in [3.8, 4) is 0 Å². The maximum atomic E-state index is 10.3. The Balaban J connectivity index is 1.33. The molecule has 1 N–H and O–H groups in total. The normalized spacial score (nSPS) is 59.2. The standard InChI is InChI=1S/C27H43NO/c1-16-5-8-23-17(2)25-24(28(23)15-16)14-22-20-7-6-18-13-19(29)9-11-26(18,3)21(20)10-12-27(22,25)4/h6,16-17,19-25,29H,5,7-15H2,1-4H3/t16-,17+,19-,20+,21+,22-,23-,24+,25-,26-,27-/m0/s1. The van der Waals surface area contributed by atoms with Crippen molar-refractivity contribution in [2.24, 2.45) is 46.3 Å². The van der Waals surface area contributed by atoms with Crippen LogP contribution in [0.4, 0.5) is 0 Å². The van der Waals surface area contributed by atoms with Crippen LogP contribution in [0, 0.1) is 46.3 Å². The number of hydrogen-bond acceptors (Lipinski definition) is 2. The average Bonchev–Trinajstić information content (AvgIpc) is 3.15. The molecule has 0 bridgehead atoms. The van der Waals surface area contributed by atoms with Crippen molar-refractivity contribution in [2.75, 3.05) is 6.54 Å². The molecule has 0 aromatic carbocycles. The van der Waals surface area contributed by atoms with Crippen molar-refractivity contribution in [1.82, 2.24) is 4.90 Å². The van der Waals surface area contributed by atoms with Crippen LogP contribution >= 0.6 is 0 Å². The van der Waals surface area contributed by atoms with Crippen molar-refractivity contribution in [3.63, 3.8) is 0 Å². The van der Waals surface area contributed by atoms with Gasteiger partial charge in [-0.2, -0.15) is 0 Å². The van der Waals surface area contributed by atoms with Crippen LogP contribution in [0.2, 0.25) is 0 Å². The number of fused-ring (bicyclic) bond motifs is 9. The van der Waals surface area contributed by atoms with E-state index in [1.165, 1.54) is 51.5 Å². The van der Waals surface area contributed by atoms with Crippen LogP contribution in [-0.4, -0.2) is 34.7 Å². The minimum absolute atomic E-state index is 0.0792. The Morgan fingerprint density at radius 2 is 1.83 bits per heavy atom. The van der Waals surface area contributed by atoms with E-state index in [2.05, 4.69) is 38.7 Å². The number of aliphatic hydroxyl groups is 1. The van der Waals surface area contributed by atoms with Crippen LogP contribution in [0.25, 0.3) is 0 Å². The highest BCUT2D eigenvalue weighted by atomic mass is 16.3. The Hall–Kier alpha value is -0.340. The Morgan fingerprint density at radius 1 is 1.00 bits per heavy atom. The highest BCUT2D eigenvalue weighted by molar-refractivity contribution is 5.26. The molecule has 6 rings (SSSR count).